The van der Waals surface area contributed by atoms with E-state index in [-0.39, 0.29) is 22.6 Å². The molecule has 2 aromatic rings. The van der Waals surface area contributed by atoms with E-state index < -0.39 is 58.0 Å². The summed E-state index contributed by atoms with van der Waals surface area (Å²) in [6.45, 7) is 0. The van der Waals surface area contributed by atoms with E-state index in [0.717, 1.165) is 62.1 Å². The number of halogens is 3. The summed E-state index contributed by atoms with van der Waals surface area (Å²) in [5.41, 5.74) is 1.70. The summed E-state index contributed by atoms with van der Waals surface area (Å²) in [4.78, 5) is 41.7. The number of fused-ring (bicyclic) bond motifs is 1. The van der Waals surface area contributed by atoms with Crippen LogP contribution in [0.4, 0.5) is 0 Å². The molecular weight excluding hydrogens is 1060 g/mol. The van der Waals surface area contributed by atoms with E-state index in [4.69, 9.17) is 14.2 Å². The zero-order valence-electron chi connectivity index (χ0n) is 30.1. The third kappa shape index (κ3) is 5.88. The van der Waals surface area contributed by atoms with Gasteiger partial charge in [-0.3, -0.25) is 14.1 Å². The fraction of sp³-hybridized carbons (Fsp3) is 0.643. The molecule has 55 heavy (non-hydrogen) atoms. The molecule has 1 heterocycles. The predicted molar refractivity (Wildman–Crippen MR) is 224 cm³/mol. The molecule has 10 saturated carbocycles. The molecule has 0 aromatic heterocycles. The Morgan fingerprint density at radius 3 is 1.75 bits per heavy atom. The molecule has 1 N–H and O–H groups in total. The first-order valence-electron chi connectivity index (χ1n) is 20.2. The molecular formula is C42H43I3O9S. The van der Waals surface area contributed by atoms with Crippen LogP contribution in [-0.4, -0.2) is 43.1 Å². The first-order valence-corrected chi connectivity index (χ1v) is 24.9. The maximum atomic E-state index is 14.6. The molecule has 2 aromatic carbocycles. The summed E-state index contributed by atoms with van der Waals surface area (Å²) >= 11 is 6.51. The van der Waals surface area contributed by atoms with Gasteiger partial charge in [-0.2, -0.15) is 8.42 Å². The highest BCUT2D eigenvalue weighted by Gasteiger charge is 2.70. The number of hydrogen-bond acceptors (Lipinski definition) is 8. The molecule has 292 valence electrons. The molecule has 10 aliphatic carbocycles. The van der Waals surface area contributed by atoms with Crippen LogP contribution in [0.1, 0.15) is 104 Å². The van der Waals surface area contributed by atoms with Crippen LogP contribution in [0, 0.1) is 81.7 Å². The van der Waals surface area contributed by atoms with E-state index >= 15 is 0 Å². The summed E-state index contributed by atoms with van der Waals surface area (Å²) in [7, 11) is -4.61. The van der Waals surface area contributed by atoms with Crippen LogP contribution in [-0.2, 0) is 29.2 Å². The number of esters is 3. The van der Waals surface area contributed by atoms with Gasteiger partial charge in [0, 0.05) is 22.5 Å². The van der Waals surface area contributed by atoms with Gasteiger partial charge in [0.05, 0.1) is 17.4 Å². The lowest BCUT2D eigenvalue weighted by atomic mass is 9.49. The maximum absolute atomic E-state index is 14.6. The van der Waals surface area contributed by atoms with Crippen molar-refractivity contribution in [1.82, 2.24) is 0 Å². The summed E-state index contributed by atoms with van der Waals surface area (Å²) in [6.07, 6.45) is 10.2. The van der Waals surface area contributed by atoms with Gasteiger partial charge in [0.1, 0.15) is 22.9 Å². The van der Waals surface area contributed by atoms with Crippen LogP contribution >= 0.6 is 67.8 Å². The molecule has 1 aliphatic heterocycles. The first kappa shape index (κ1) is 37.0. The molecule has 11 aliphatic rings. The molecule has 1 saturated heterocycles. The zero-order valence-corrected chi connectivity index (χ0v) is 37.4. The van der Waals surface area contributed by atoms with E-state index in [2.05, 4.69) is 67.8 Å². The third-order valence-corrected chi connectivity index (χ3v) is 20.7. The maximum Gasteiger partial charge on any atom is 0.339 e. The smallest absolute Gasteiger partial charge is 0.339 e. The second kappa shape index (κ2) is 13.2. The van der Waals surface area contributed by atoms with Crippen LogP contribution in [0.3, 0.4) is 0 Å². The lowest BCUT2D eigenvalue weighted by molar-refractivity contribution is -0.149. The second-order valence-electron chi connectivity index (χ2n) is 18.9. The Morgan fingerprint density at radius 1 is 0.709 bits per heavy atom. The monoisotopic (exact) mass is 1100 g/mol. The summed E-state index contributed by atoms with van der Waals surface area (Å²) in [5, 5.41) is 0. The van der Waals surface area contributed by atoms with Gasteiger partial charge in [-0.05, 0) is 233 Å². The van der Waals surface area contributed by atoms with Gasteiger partial charge in [-0.1, -0.05) is 0 Å². The Balaban J connectivity index is 0.964. The highest BCUT2D eigenvalue weighted by atomic mass is 127. The Kier molecular flexibility index (Phi) is 8.89. The summed E-state index contributed by atoms with van der Waals surface area (Å²) in [5.74, 6) is 0.487. The largest absolute Gasteiger partial charge is 0.458 e. The number of carbonyl (C=O) groups excluding carboxylic acids is 3. The minimum absolute atomic E-state index is 0.0253. The highest BCUT2D eigenvalue weighted by molar-refractivity contribution is 14.1. The molecule has 11 fully saturated rings. The molecule has 13 heteroatoms. The lowest BCUT2D eigenvalue weighted by Crippen LogP contribution is -2.45. The molecule has 0 spiro atoms. The normalized spacial score (nSPS) is 42.6. The molecule has 10 bridgehead atoms. The highest BCUT2D eigenvalue weighted by Crippen LogP contribution is 2.64. The Hall–Kier alpha value is -1.05. The number of ether oxygens (including phenoxy) is 3. The first-order chi connectivity index (χ1) is 26.3. The van der Waals surface area contributed by atoms with Gasteiger partial charge >= 0.3 is 17.9 Å². The average molecular weight is 1100 g/mol. The minimum Gasteiger partial charge on any atom is -0.458 e. The Morgan fingerprint density at radius 2 is 1.24 bits per heavy atom. The molecule has 0 amide bonds. The fourth-order valence-electron chi connectivity index (χ4n) is 14.9. The van der Waals surface area contributed by atoms with E-state index in [9.17, 15) is 27.4 Å². The molecule has 6 unspecified atom stereocenters. The van der Waals surface area contributed by atoms with Gasteiger partial charge < -0.3 is 14.2 Å². The van der Waals surface area contributed by atoms with Gasteiger partial charge in [-0.25, -0.2) is 4.79 Å². The summed E-state index contributed by atoms with van der Waals surface area (Å²) in [6, 6.07) is 7.29. The standard InChI is InChI=1S/C42H43I3O9S/c43-24-11-30(36(45)31(44)12-24)40(46)53-37-26-15-27-35(42(48)54-38(27)37)34(26)41(47)52-25-13-28(32-20-3-16-1-17(5-20)6-21(32)4-16)39(55(49,50)51)29(14-25)33-22-7-18-2-19(9-22)10-23(33)8-18/h11-14,16-23,26-27,32-35,37-38H,1-10,15H2,(H,49,50,51). The topological polar surface area (TPSA) is 133 Å². The third-order valence-electron chi connectivity index (χ3n) is 16.0. The van der Waals surface area contributed by atoms with Crippen molar-refractivity contribution in [2.24, 2.45) is 71.0 Å². The fourth-order valence-corrected chi connectivity index (χ4v) is 18.3. The van der Waals surface area contributed by atoms with Gasteiger partial charge in [0.25, 0.3) is 10.1 Å². The van der Waals surface area contributed by atoms with Crippen molar-refractivity contribution < 1.29 is 41.6 Å². The second-order valence-corrected chi connectivity index (χ2v) is 23.7. The predicted octanol–water partition coefficient (Wildman–Crippen LogP) is 8.77. The van der Waals surface area contributed by atoms with Crippen molar-refractivity contribution in [3.05, 3.63) is 51.7 Å². The van der Waals surface area contributed by atoms with E-state index in [1.54, 1.807) is 18.2 Å². The SMILES string of the molecule is O=C(OC1C2CC3C1OC(=O)C3C2C(=O)Oc1cc(C2C3CC4CC(C3)CC2C4)c(S(=O)(=O)O)c(C2C3CC4CC(C3)CC2C4)c1)c1cc(I)cc(I)c1I. The molecule has 9 nitrogen and oxygen atoms in total. The van der Waals surface area contributed by atoms with E-state index in [1.807, 2.05) is 6.07 Å². The van der Waals surface area contributed by atoms with E-state index in [1.165, 1.54) is 12.8 Å². The van der Waals surface area contributed by atoms with Crippen molar-refractivity contribution in [2.45, 2.75) is 99.6 Å². The van der Waals surface area contributed by atoms with Gasteiger partial charge in [0.15, 0.2) is 0 Å². The Bertz CT molecular complexity index is 2040. The van der Waals surface area contributed by atoms with Crippen LogP contribution in [0.5, 0.6) is 5.75 Å². The minimum atomic E-state index is -4.61. The lowest BCUT2D eigenvalue weighted by Gasteiger charge is -2.56. The van der Waals surface area contributed by atoms with Crippen molar-refractivity contribution in [3.63, 3.8) is 0 Å². The van der Waals surface area contributed by atoms with Crippen molar-refractivity contribution in [3.8, 4) is 5.75 Å². The van der Waals surface area contributed by atoms with Crippen molar-refractivity contribution >= 4 is 95.8 Å². The van der Waals surface area contributed by atoms with E-state index in [0.29, 0.717) is 76.2 Å². The van der Waals surface area contributed by atoms with Crippen LogP contribution in [0.2, 0.25) is 0 Å². The number of rotatable bonds is 7. The van der Waals surface area contributed by atoms with Crippen LogP contribution < -0.4 is 4.74 Å². The van der Waals surface area contributed by atoms with Crippen LogP contribution in [0.25, 0.3) is 0 Å². The molecule has 0 radical (unpaired) electrons. The van der Waals surface area contributed by atoms with Gasteiger partial charge in [0.2, 0.25) is 0 Å². The quantitative estimate of drug-likeness (QED) is 0.0951. The number of carbonyl (C=O) groups is 3. The van der Waals surface area contributed by atoms with Crippen molar-refractivity contribution in [1.29, 1.82) is 0 Å². The zero-order chi connectivity index (χ0) is 37.8. The Labute approximate surface area is 362 Å². The average Bonchev–Trinajstić information content (AvgIpc) is 3.72. The van der Waals surface area contributed by atoms with Crippen molar-refractivity contribution in [2.75, 3.05) is 0 Å². The molecule has 13 rings (SSSR count). The number of benzene rings is 2. The van der Waals surface area contributed by atoms with Crippen LogP contribution in [0.15, 0.2) is 29.2 Å². The number of hydrogen-bond donors (Lipinski definition) is 1. The summed E-state index contributed by atoms with van der Waals surface area (Å²) < 4.78 is 59.7. The van der Waals surface area contributed by atoms with Gasteiger partial charge in [-0.15, -0.1) is 0 Å². The molecule has 6 atom stereocenters.